The third-order valence-electron chi connectivity index (χ3n) is 4.47. The third-order valence-corrected chi connectivity index (χ3v) is 4.47. The van der Waals surface area contributed by atoms with E-state index in [1.54, 1.807) is 6.20 Å². The van der Waals surface area contributed by atoms with E-state index in [2.05, 4.69) is 28.9 Å². The molecule has 2 N–H and O–H groups in total. The fraction of sp³-hybridized carbons (Fsp3) is 0.412. The highest BCUT2D eigenvalue weighted by Gasteiger charge is 2.24. The average Bonchev–Trinajstić information content (AvgIpc) is 2.53. The van der Waals surface area contributed by atoms with Crippen LogP contribution >= 0.6 is 0 Å². The van der Waals surface area contributed by atoms with Crippen LogP contribution in [0.5, 0.6) is 0 Å². The first-order valence-electron chi connectivity index (χ1n) is 7.49. The summed E-state index contributed by atoms with van der Waals surface area (Å²) in [7, 11) is 0. The van der Waals surface area contributed by atoms with Crippen molar-refractivity contribution in [3.63, 3.8) is 0 Å². The van der Waals surface area contributed by atoms with Crippen molar-refractivity contribution in [1.82, 2.24) is 4.98 Å². The molecule has 2 heterocycles. The smallest absolute Gasteiger partial charge is 0.103 e. The molecule has 1 unspecified atom stereocenters. The molecule has 2 aromatic rings. The molecule has 1 saturated heterocycles. The molecule has 1 aliphatic rings. The standard InChI is InChI=1S/C17H20N4/c1-12(19)13-6-8-21(9-7-13)17-14(10-18)11-20-16-5-3-2-4-15(16)17/h2-5,11-13H,6-9,19H2,1H3. The number of piperidine rings is 1. The second-order valence-corrected chi connectivity index (χ2v) is 5.83. The van der Waals surface area contributed by atoms with Gasteiger partial charge in [-0.15, -0.1) is 0 Å². The zero-order valence-electron chi connectivity index (χ0n) is 12.3. The molecule has 0 spiro atoms. The van der Waals surface area contributed by atoms with Gasteiger partial charge in [-0.1, -0.05) is 18.2 Å². The van der Waals surface area contributed by atoms with Gasteiger partial charge >= 0.3 is 0 Å². The number of hydrogen-bond acceptors (Lipinski definition) is 4. The minimum absolute atomic E-state index is 0.247. The molecular formula is C17H20N4. The summed E-state index contributed by atoms with van der Waals surface area (Å²) in [6.45, 7) is 3.99. The van der Waals surface area contributed by atoms with E-state index in [1.807, 2.05) is 18.2 Å². The fourth-order valence-corrected chi connectivity index (χ4v) is 3.20. The van der Waals surface area contributed by atoms with Crippen LogP contribution in [0.4, 0.5) is 5.69 Å². The maximum absolute atomic E-state index is 9.41. The summed E-state index contributed by atoms with van der Waals surface area (Å²) in [6, 6.07) is 10.6. The van der Waals surface area contributed by atoms with Gasteiger partial charge in [0.25, 0.3) is 0 Å². The Hall–Kier alpha value is -2.12. The highest BCUT2D eigenvalue weighted by atomic mass is 15.1. The summed E-state index contributed by atoms with van der Waals surface area (Å²) >= 11 is 0. The van der Waals surface area contributed by atoms with Crippen molar-refractivity contribution < 1.29 is 0 Å². The second kappa shape index (κ2) is 5.71. The third kappa shape index (κ3) is 2.57. The molecule has 0 aliphatic carbocycles. The summed E-state index contributed by atoms with van der Waals surface area (Å²) < 4.78 is 0. The van der Waals surface area contributed by atoms with Gasteiger partial charge in [-0.2, -0.15) is 5.26 Å². The van der Waals surface area contributed by atoms with Gasteiger partial charge in [0.05, 0.1) is 16.8 Å². The lowest BCUT2D eigenvalue weighted by atomic mass is 9.90. The first-order chi connectivity index (χ1) is 10.2. The van der Waals surface area contributed by atoms with E-state index in [4.69, 9.17) is 5.73 Å². The Kier molecular flexibility index (Phi) is 3.76. The molecule has 0 radical (unpaired) electrons. The van der Waals surface area contributed by atoms with E-state index in [0.717, 1.165) is 42.5 Å². The largest absolute Gasteiger partial charge is 0.370 e. The lowest BCUT2D eigenvalue weighted by molar-refractivity contribution is 0.355. The molecule has 3 rings (SSSR count). The van der Waals surface area contributed by atoms with Crippen molar-refractivity contribution in [2.45, 2.75) is 25.8 Å². The summed E-state index contributed by atoms with van der Waals surface area (Å²) in [4.78, 5) is 6.70. The predicted octanol–water partition coefficient (Wildman–Crippen LogP) is 2.67. The lowest BCUT2D eigenvalue weighted by Crippen LogP contribution is -2.40. The summed E-state index contributed by atoms with van der Waals surface area (Å²) in [6.07, 6.45) is 3.85. The van der Waals surface area contributed by atoms with Crippen molar-refractivity contribution in [2.24, 2.45) is 11.7 Å². The number of aromatic nitrogens is 1. The fourth-order valence-electron chi connectivity index (χ4n) is 3.20. The van der Waals surface area contributed by atoms with E-state index in [-0.39, 0.29) is 6.04 Å². The number of anilines is 1. The maximum Gasteiger partial charge on any atom is 0.103 e. The first kappa shape index (κ1) is 13.8. The topological polar surface area (TPSA) is 65.9 Å². The van der Waals surface area contributed by atoms with Crippen molar-refractivity contribution in [3.8, 4) is 6.07 Å². The van der Waals surface area contributed by atoms with Crippen LogP contribution in [0, 0.1) is 17.2 Å². The van der Waals surface area contributed by atoms with Crippen molar-refractivity contribution >= 4 is 16.6 Å². The molecule has 4 nitrogen and oxygen atoms in total. The van der Waals surface area contributed by atoms with Crippen LogP contribution in [0.1, 0.15) is 25.3 Å². The molecule has 108 valence electrons. The van der Waals surface area contributed by atoms with E-state index in [9.17, 15) is 5.26 Å². The molecule has 1 aromatic heterocycles. The molecule has 21 heavy (non-hydrogen) atoms. The van der Waals surface area contributed by atoms with Crippen LogP contribution in [0.2, 0.25) is 0 Å². The molecule has 1 aliphatic heterocycles. The van der Waals surface area contributed by atoms with Crippen LogP contribution in [0.25, 0.3) is 10.9 Å². The molecule has 0 saturated carbocycles. The number of hydrogen-bond donors (Lipinski definition) is 1. The van der Waals surface area contributed by atoms with Gasteiger partial charge in [0.1, 0.15) is 6.07 Å². The number of nitriles is 1. The molecule has 0 amide bonds. The van der Waals surface area contributed by atoms with Gasteiger partial charge in [0, 0.05) is 30.7 Å². The number of rotatable bonds is 2. The van der Waals surface area contributed by atoms with Crippen LogP contribution in [0.15, 0.2) is 30.5 Å². The number of pyridine rings is 1. The van der Waals surface area contributed by atoms with Gasteiger partial charge in [-0.05, 0) is 31.7 Å². The second-order valence-electron chi connectivity index (χ2n) is 5.83. The minimum Gasteiger partial charge on any atom is -0.370 e. The summed E-state index contributed by atoms with van der Waals surface area (Å²) in [5.74, 6) is 0.583. The van der Waals surface area contributed by atoms with Gasteiger partial charge < -0.3 is 10.6 Å². The Morgan fingerprint density at radius 3 is 2.71 bits per heavy atom. The van der Waals surface area contributed by atoms with Crippen LogP contribution in [-0.2, 0) is 0 Å². The summed E-state index contributed by atoms with van der Waals surface area (Å²) in [5, 5.41) is 10.5. The first-order valence-corrected chi connectivity index (χ1v) is 7.49. The molecule has 1 aromatic carbocycles. The Bertz CT molecular complexity index is 679. The van der Waals surface area contributed by atoms with Crippen molar-refractivity contribution in [3.05, 3.63) is 36.0 Å². The van der Waals surface area contributed by atoms with Gasteiger partial charge in [-0.3, -0.25) is 4.98 Å². The number of nitrogens with two attached hydrogens (primary N) is 1. The van der Waals surface area contributed by atoms with Crippen LogP contribution in [0.3, 0.4) is 0 Å². The molecule has 4 heteroatoms. The zero-order chi connectivity index (χ0) is 14.8. The molecule has 0 bridgehead atoms. The number of benzene rings is 1. The van der Waals surface area contributed by atoms with E-state index in [0.29, 0.717) is 11.5 Å². The monoisotopic (exact) mass is 280 g/mol. The Morgan fingerprint density at radius 1 is 1.33 bits per heavy atom. The number of para-hydroxylation sites is 1. The zero-order valence-corrected chi connectivity index (χ0v) is 12.3. The maximum atomic E-state index is 9.41. The van der Waals surface area contributed by atoms with Gasteiger partial charge in [0.15, 0.2) is 0 Å². The molecular weight excluding hydrogens is 260 g/mol. The average molecular weight is 280 g/mol. The quantitative estimate of drug-likeness (QED) is 0.918. The van der Waals surface area contributed by atoms with Crippen LogP contribution in [-0.4, -0.2) is 24.1 Å². The van der Waals surface area contributed by atoms with Crippen molar-refractivity contribution in [2.75, 3.05) is 18.0 Å². The Balaban J connectivity index is 1.99. The molecule has 1 fully saturated rings. The minimum atomic E-state index is 0.247. The Morgan fingerprint density at radius 2 is 2.05 bits per heavy atom. The predicted molar refractivity (Wildman–Crippen MR) is 85.0 cm³/mol. The SMILES string of the molecule is CC(N)C1CCN(c2c(C#N)cnc3ccccc23)CC1. The Labute approximate surface area is 125 Å². The highest BCUT2D eigenvalue weighted by molar-refractivity contribution is 5.94. The van der Waals surface area contributed by atoms with E-state index >= 15 is 0 Å². The lowest BCUT2D eigenvalue weighted by Gasteiger charge is -2.36. The van der Waals surface area contributed by atoms with Gasteiger partial charge in [-0.25, -0.2) is 0 Å². The number of fused-ring (bicyclic) bond motifs is 1. The van der Waals surface area contributed by atoms with E-state index < -0.39 is 0 Å². The number of nitrogens with zero attached hydrogens (tertiary/aromatic N) is 3. The van der Waals surface area contributed by atoms with E-state index in [1.165, 1.54) is 0 Å². The van der Waals surface area contributed by atoms with Gasteiger partial charge in [0.2, 0.25) is 0 Å². The van der Waals surface area contributed by atoms with Crippen molar-refractivity contribution in [1.29, 1.82) is 5.26 Å². The highest BCUT2D eigenvalue weighted by Crippen LogP contribution is 2.32. The normalized spacial score (nSPS) is 17.7. The molecule has 1 atom stereocenters. The summed E-state index contributed by atoms with van der Waals surface area (Å²) in [5.41, 5.74) is 8.66. The van der Waals surface area contributed by atoms with Crippen LogP contribution < -0.4 is 10.6 Å².